The predicted octanol–water partition coefficient (Wildman–Crippen LogP) is 4.32. The lowest BCUT2D eigenvalue weighted by Crippen LogP contribution is -2.35. The Morgan fingerprint density at radius 2 is 1.62 bits per heavy atom. The van der Waals surface area contributed by atoms with Crippen LogP contribution in [0.5, 0.6) is 0 Å². The number of ether oxygens (including phenoxy) is 1. The van der Waals surface area contributed by atoms with Gasteiger partial charge in [-0.15, -0.1) is 0 Å². The minimum Gasteiger partial charge on any atom is -0.459 e. The zero-order valence-electron chi connectivity index (χ0n) is 11.9. The Hall–Kier alpha value is -0.530. The molecule has 0 aromatic rings. The molecule has 2 nitrogen and oxygen atoms in total. The van der Waals surface area contributed by atoms with Crippen molar-refractivity contribution in [3.8, 4) is 0 Å². The van der Waals surface area contributed by atoms with E-state index < -0.39 is 0 Å². The fraction of sp³-hybridized carbons (Fsp3) is 0.929. The number of rotatable bonds is 7. The summed E-state index contributed by atoms with van der Waals surface area (Å²) in [4.78, 5) is 11.9. The third-order valence-electron chi connectivity index (χ3n) is 3.19. The summed E-state index contributed by atoms with van der Waals surface area (Å²) in [6.07, 6.45) is 5.30. The highest BCUT2D eigenvalue weighted by Gasteiger charge is 2.32. The van der Waals surface area contributed by atoms with E-state index >= 15 is 0 Å². The van der Waals surface area contributed by atoms with Crippen LogP contribution in [0.4, 0.5) is 0 Å². The average Bonchev–Trinajstić information content (AvgIpc) is 2.17. The first-order valence-corrected chi connectivity index (χ1v) is 6.48. The molecular weight excluding hydrogens is 200 g/mol. The molecule has 0 aliphatic heterocycles. The molecule has 0 N–H and O–H groups in total. The van der Waals surface area contributed by atoms with E-state index in [1.165, 1.54) is 12.8 Å². The number of carbonyl (C=O) groups excluding carboxylic acids is 1. The van der Waals surface area contributed by atoms with Crippen LogP contribution in [0.25, 0.3) is 0 Å². The van der Waals surface area contributed by atoms with Crippen LogP contribution in [-0.2, 0) is 9.53 Å². The molecule has 0 spiro atoms. The topological polar surface area (TPSA) is 26.3 Å². The van der Waals surface area contributed by atoms with Crippen molar-refractivity contribution >= 4 is 5.97 Å². The molecule has 0 aliphatic rings. The van der Waals surface area contributed by atoms with E-state index in [-0.39, 0.29) is 17.0 Å². The zero-order valence-corrected chi connectivity index (χ0v) is 11.9. The fourth-order valence-corrected chi connectivity index (χ4v) is 1.39. The molecule has 0 aliphatic carbocycles. The van der Waals surface area contributed by atoms with Crippen molar-refractivity contribution < 1.29 is 9.53 Å². The third-order valence-corrected chi connectivity index (χ3v) is 3.19. The van der Waals surface area contributed by atoms with Gasteiger partial charge in [0.1, 0.15) is 5.60 Å². The van der Waals surface area contributed by atoms with Gasteiger partial charge in [-0.3, -0.25) is 4.79 Å². The fourth-order valence-electron chi connectivity index (χ4n) is 1.39. The van der Waals surface area contributed by atoms with Crippen molar-refractivity contribution in [2.75, 3.05) is 0 Å². The van der Waals surface area contributed by atoms with Gasteiger partial charge in [-0.1, -0.05) is 26.7 Å². The van der Waals surface area contributed by atoms with Gasteiger partial charge in [0.2, 0.25) is 0 Å². The van der Waals surface area contributed by atoms with E-state index in [9.17, 15) is 4.79 Å². The Balaban J connectivity index is 4.19. The molecule has 0 aromatic heterocycles. The molecule has 0 heterocycles. The van der Waals surface area contributed by atoms with Gasteiger partial charge in [-0.2, -0.15) is 0 Å². The van der Waals surface area contributed by atoms with Gasteiger partial charge >= 0.3 is 5.97 Å². The zero-order chi connectivity index (χ0) is 12.8. The maximum absolute atomic E-state index is 11.9. The van der Waals surface area contributed by atoms with Crippen molar-refractivity contribution in [1.29, 1.82) is 0 Å². The molecule has 0 unspecified atom stereocenters. The Morgan fingerprint density at radius 1 is 1.06 bits per heavy atom. The first-order valence-electron chi connectivity index (χ1n) is 6.48. The monoisotopic (exact) mass is 228 g/mol. The number of esters is 1. The second-order valence-corrected chi connectivity index (χ2v) is 5.84. The van der Waals surface area contributed by atoms with E-state index in [1.54, 1.807) is 0 Å². The highest BCUT2D eigenvalue weighted by molar-refractivity contribution is 5.76. The van der Waals surface area contributed by atoms with Gasteiger partial charge in [-0.25, -0.2) is 0 Å². The highest BCUT2D eigenvalue weighted by Crippen LogP contribution is 2.27. The maximum Gasteiger partial charge on any atom is 0.312 e. The van der Waals surface area contributed by atoms with Crippen LogP contribution in [-0.4, -0.2) is 11.6 Å². The molecule has 16 heavy (non-hydrogen) atoms. The highest BCUT2D eigenvalue weighted by atomic mass is 16.6. The SMILES string of the molecule is CCCCCC(C)(C)OC(=O)C(C)(C)CC. The molecule has 0 rings (SSSR count). The summed E-state index contributed by atoms with van der Waals surface area (Å²) in [5, 5.41) is 0. The molecule has 0 amide bonds. The average molecular weight is 228 g/mol. The third kappa shape index (κ3) is 5.53. The minimum absolute atomic E-state index is 0.0727. The summed E-state index contributed by atoms with van der Waals surface area (Å²) in [7, 11) is 0. The van der Waals surface area contributed by atoms with Crippen molar-refractivity contribution in [2.45, 2.75) is 79.2 Å². The number of hydrogen-bond acceptors (Lipinski definition) is 2. The standard InChI is InChI=1S/C14H28O2/c1-7-9-10-11-14(5,6)16-12(15)13(3,4)8-2/h7-11H2,1-6H3. The molecule has 0 atom stereocenters. The van der Waals surface area contributed by atoms with Gasteiger partial charge in [0.25, 0.3) is 0 Å². The van der Waals surface area contributed by atoms with Crippen molar-refractivity contribution in [3.05, 3.63) is 0 Å². The molecular formula is C14H28O2. The largest absolute Gasteiger partial charge is 0.459 e. The molecule has 0 saturated carbocycles. The van der Waals surface area contributed by atoms with Crippen LogP contribution in [0, 0.1) is 5.41 Å². The molecule has 0 aromatic carbocycles. The second kappa shape index (κ2) is 6.27. The Bertz CT molecular complexity index is 217. The smallest absolute Gasteiger partial charge is 0.312 e. The van der Waals surface area contributed by atoms with Crippen LogP contribution in [0.1, 0.15) is 73.6 Å². The number of carbonyl (C=O) groups is 1. The first kappa shape index (κ1) is 15.5. The summed E-state index contributed by atoms with van der Waals surface area (Å²) in [6, 6.07) is 0. The van der Waals surface area contributed by atoms with Gasteiger partial charge in [0.05, 0.1) is 5.41 Å². The summed E-state index contributed by atoms with van der Waals surface area (Å²) in [6.45, 7) is 12.1. The lowest BCUT2D eigenvalue weighted by molar-refractivity contribution is -0.168. The van der Waals surface area contributed by atoms with E-state index in [0.29, 0.717) is 0 Å². The van der Waals surface area contributed by atoms with Crippen molar-refractivity contribution in [1.82, 2.24) is 0 Å². The first-order chi connectivity index (χ1) is 7.25. The van der Waals surface area contributed by atoms with Crippen molar-refractivity contribution in [2.24, 2.45) is 5.41 Å². The minimum atomic E-state index is -0.359. The Kier molecular flexibility index (Phi) is 6.06. The van der Waals surface area contributed by atoms with E-state index in [1.807, 2.05) is 34.6 Å². The van der Waals surface area contributed by atoms with E-state index in [2.05, 4.69) is 6.92 Å². The number of unbranched alkanes of at least 4 members (excludes halogenated alkanes) is 2. The van der Waals surface area contributed by atoms with Crippen LogP contribution >= 0.6 is 0 Å². The Labute approximate surface area is 101 Å². The lowest BCUT2D eigenvalue weighted by atomic mass is 9.90. The quantitative estimate of drug-likeness (QED) is 0.479. The molecule has 96 valence electrons. The summed E-state index contributed by atoms with van der Waals surface area (Å²) >= 11 is 0. The molecule has 2 heteroatoms. The normalized spacial score (nSPS) is 12.6. The van der Waals surface area contributed by atoms with Crippen LogP contribution < -0.4 is 0 Å². The van der Waals surface area contributed by atoms with Gasteiger partial charge in [0.15, 0.2) is 0 Å². The number of hydrogen-bond donors (Lipinski definition) is 0. The van der Waals surface area contributed by atoms with E-state index in [4.69, 9.17) is 4.74 Å². The molecule has 0 radical (unpaired) electrons. The summed E-state index contributed by atoms with van der Waals surface area (Å²) < 4.78 is 5.60. The van der Waals surface area contributed by atoms with Gasteiger partial charge in [0, 0.05) is 0 Å². The van der Waals surface area contributed by atoms with Crippen LogP contribution in [0.2, 0.25) is 0 Å². The summed E-state index contributed by atoms with van der Waals surface area (Å²) in [5.74, 6) is -0.0727. The van der Waals surface area contributed by atoms with Gasteiger partial charge in [-0.05, 0) is 47.0 Å². The second-order valence-electron chi connectivity index (χ2n) is 5.84. The van der Waals surface area contributed by atoms with Crippen LogP contribution in [0.3, 0.4) is 0 Å². The summed E-state index contributed by atoms with van der Waals surface area (Å²) in [5.41, 5.74) is -0.680. The van der Waals surface area contributed by atoms with E-state index in [0.717, 1.165) is 19.3 Å². The van der Waals surface area contributed by atoms with Crippen LogP contribution in [0.15, 0.2) is 0 Å². The molecule has 0 bridgehead atoms. The lowest BCUT2D eigenvalue weighted by Gasteiger charge is -2.30. The Morgan fingerprint density at radius 3 is 2.06 bits per heavy atom. The maximum atomic E-state index is 11.9. The molecule has 0 saturated heterocycles. The molecule has 0 fully saturated rings. The predicted molar refractivity (Wildman–Crippen MR) is 68.4 cm³/mol. The van der Waals surface area contributed by atoms with Crippen molar-refractivity contribution in [3.63, 3.8) is 0 Å². The van der Waals surface area contributed by atoms with Gasteiger partial charge < -0.3 is 4.74 Å².